The lowest BCUT2D eigenvalue weighted by Crippen LogP contribution is -2.47. The number of nitrogens with one attached hydrogen (secondary N) is 1. The van der Waals surface area contributed by atoms with E-state index in [1.807, 2.05) is 38.1 Å². The summed E-state index contributed by atoms with van der Waals surface area (Å²) < 4.78 is 26.8. The van der Waals surface area contributed by atoms with E-state index in [-0.39, 0.29) is 17.0 Å². The number of nitrogens with zero attached hydrogens (tertiary/aromatic N) is 1. The molecule has 0 bridgehead atoms. The molecule has 0 aliphatic carbocycles. The Morgan fingerprint density at radius 2 is 1.53 bits per heavy atom. The third-order valence-electron chi connectivity index (χ3n) is 4.84. The summed E-state index contributed by atoms with van der Waals surface area (Å²) in [6.45, 7) is 5.54. The smallest absolute Gasteiger partial charge is 0.266 e. The van der Waals surface area contributed by atoms with Gasteiger partial charge in [-0.1, -0.05) is 56.3 Å². The minimum absolute atomic E-state index is 0.000798. The number of para-hydroxylation sites is 1. The Bertz CT molecular complexity index is 1190. The maximum atomic E-state index is 13.0. The van der Waals surface area contributed by atoms with Crippen molar-refractivity contribution in [3.63, 3.8) is 0 Å². The maximum Gasteiger partial charge on any atom is 0.266 e. The third-order valence-corrected chi connectivity index (χ3v) is 6.77. The molecule has 4 rings (SSSR count). The SMILES string of the molecule is CC.CCN1C(=O)C(C(=O)Nc2ccccc2)c2cc3ccccc3cc2S1(=O)=O. The van der Waals surface area contributed by atoms with Crippen molar-refractivity contribution in [2.45, 2.75) is 31.6 Å². The first-order chi connectivity index (χ1) is 14.4. The number of fused-ring (bicyclic) bond motifs is 2. The van der Waals surface area contributed by atoms with E-state index in [1.54, 1.807) is 43.3 Å². The summed E-state index contributed by atoms with van der Waals surface area (Å²) in [5.74, 6) is -2.52. The molecule has 1 aliphatic heterocycles. The second-order valence-electron chi connectivity index (χ2n) is 6.53. The molecule has 6 nitrogen and oxygen atoms in total. The Hall–Kier alpha value is -3.19. The number of benzene rings is 3. The van der Waals surface area contributed by atoms with Crippen LogP contribution in [-0.4, -0.2) is 31.1 Å². The molecule has 3 aromatic carbocycles. The van der Waals surface area contributed by atoms with Crippen molar-refractivity contribution in [2.24, 2.45) is 0 Å². The summed E-state index contributed by atoms with van der Waals surface area (Å²) in [5.41, 5.74) is 0.751. The Morgan fingerprint density at radius 1 is 0.967 bits per heavy atom. The monoisotopic (exact) mass is 424 g/mol. The van der Waals surface area contributed by atoms with E-state index < -0.39 is 27.8 Å². The number of hydrogen-bond acceptors (Lipinski definition) is 4. The van der Waals surface area contributed by atoms with Crippen molar-refractivity contribution < 1.29 is 18.0 Å². The summed E-state index contributed by atoms with van der Waals surface area (Å²) in [4.78, 5) is 26.0. The molecule has 3 aromatic rings. The highest BCUT2D eigenvalue weighted by atomic mass is 32.2. The number of hydrogen-bond donors (Lipinski definition) is 1. The molecule has 156 valence electrons. The van der Waals surface area contributed by atoms with Crippen LogP contribution >= 0.6 is 0 Å². The number of anilines is 1. The molecule has 1 N–H and O–H groups in total. The van der Waals surface area contributed by atoms with Crippen LogP contribution in [0.2, 0.25) is 0 Å². The van der Waals surface area contributed by atoms with Gasteiger partial charge in [0.05, 0.1) is 4.90 Å². The lowest BCUT2D eigenvalue weighted by molar-refractivity contribution is -0.133. The molecule has 0 saturated heterocycles. The molecule has 30 heavy (non-hydrogen) atoms. The zero-order valence-corrected chi connectivity index (χ0v) is 17.9. The minimum Gasteiger partial charge on any atom is -0.325 e. The molecule has 7 heteroatoms. The zero-order chi connectivity index (χ0) is 21.9. The standard InChI is InChI=1S/C21H18N2O4S.C2H6/c1-2-23-21(25)19(20(24)22-16-10-4-3-5-11-16)17-12-14-8-6-7-9-15(14)13-18(17)28(23,26)27;1-2/h3-13,19H,2H2,1H3,(H,22,24);1-2H3. The maximum absolute atomic E-state index is 13.0. The molecular weight excluding hydrogens is 400 g/mol. The lowest BCUT2D eigenvalue weighted by atomic mass is 9.94. The Labute approximate surface area is 176 Å². The molecule has 1 aliphatic rings. The lowest BCUT2D eigenvalue weighted by Gasteiger charge is -2.32. The largest absolute Gasteiger partial charge is 0.325 e. The fraction of sp³-hybridized carbons (Fsp3) is 0.217. The van der Waals surface area contributed by atoms with Gasteiger partial charge in [0, 0.05) is 12.2 Å². The van der Waals surface area contributed by atoms with Crippen LogP contribution in [0.4, 0.5) is 5.69 Å². The first-order valence-electron chi connectivity index (χ1n) is 9.88. The number of carbonyl (C=O) groups excluding carboxylic acids is 2. The molecule has 1 atom stereocenters. The molecule has 0 fully saturated rings. The number of amides is 2. The second kappa shape index (κ2) is 8.67. The first-order valence-corrected chi connectivity index (χ1v) is 11.3. The van der Waals surface area contributed by atoms with Crippen molar-refractivity contribution in [3.8, 4) is 0 Å². The van der Waals surface area contributed by atoms with E-state index in [0.717, 1.165) is 15.1 Å². The van der Waals surface area contributed by atoms with Crippen LogP contribution in [0.3, 0.4) is 0 Å². The van der Waals surface area contributed by atoms with E-state index >= 15 is 0 Å². The van der Waals surface area contributed by atoms with Crippen LogP contribution in [0.5, 0.6) is 0 Å². The van der Waals surface area contributed by atoms with Crippen LogP contribution in [0.1, 0.15) is 32.3 Å². The van der Waals surface area contributed by atoms with Crippen molar-refractivity contribution >= 4 is 38.3 Å². The van der Waals surface area contributed by atoms with Gasteiger partial charge >= 0.3 is 0 Å². The van der Waals surface area contributed by atoms with Crippen LogP contribution in [0, 0.1) is 0 Å². The molecule has 2 amide bonds. The van der Waals surface area contributed by atoms with E-state index in [9.17, 15) is 18.0 Å². The average molecular weight is 425 g/mol. The van der Waals surface area contributed by atoms with Gasteiger partial charge in [-0.05, 0) is 47.5 Å². The molecular formula is C23H24N2O4S. The van der Waals surface area contributed by atoms with Gasteiger partial charge in [-0.2, -0.15) is 0 Å². The van der Waals surface area contributed by atoms with Crippen molar-refractivity contribution in [2.75, 3.05) is 11.9 Å². The highest BCUT2D eigenvalue weighted by molar-refractivity contribution is 7.89. The predicted octanol–water partition coefficient (Wildman–Crippen LogP) is 4.14. The predicted molar refractivity (Wildman–Crippen MR) is 118 cm³/mol. The van der Waals surface area contributed by atoms with Gasteiger partial charge in [0.1, 0.15) is 5.92 Å². The van der Waals surface area contributed by atoms with E-state index in [2.05, 4.69) is 5.32 Å². The van der Waals surface area contributed by atoms with Crippen LogP contribution in [0.25, 0.3) is 10.8 Å². The highest BCUT2D eigenvalue weighted by Crippen LogP contribution is 2.37. The summed E-state index contributed by atoms with van der Waals surface area (Å²) in [5, 5.41) is 4.23. The van der Waals surface area contributed by atoms with Crippen molar-refractivity contribution in [1.82, 2.24) is 4.31 Å². The van der Waals surface area contributed by atoms with Gasteiger partial charge in [-0.3, -0.25) is 9.59 Å². The molecule has 0 radical (unpaired) electrons. The van der Waals surface area contributed by atoms with E-state index in [1.165, 1.54) is 6.07 Å². The second-order valence-corrected chi connectivity index (χ2v) is 8.36. The number of sulfonamides is 1. The van der Waals surface area contributed by atoms with Crippen molar-refractivity contribution in [1.29, 1.82) is 0 Å². The molecule has 1 unspecified atom stereocenters. The van der Waals surface area contributed by atoms with Gasteiger partial charge in [0.25, 0.3) is 15.9 Å². The van der Waals surface area contributed by atoms with Gasteiger partial charge in [0.2, 0.25) is 5.91 Å². The first kappa shape index (κ1) is 21.5. The Balaban J connectivity index is 0.00000124. The average Bonchev–Trinajstić information content (AvgIpc) is 2.75. The van der Waals surface area contributed by atoms with Crippen LogP contribution in [0.15, 0.2) is 71.6 Å². The van der Waals surface area contributed by atoms with Gasteiger partial charge in [-0.15, -0.1) is 0 Å². The highest BCUT2D eigenvalue weighted by Gasteiger charge is 2.45. The fourth-order valence-electron chi connectivity index (χ4n) is 3.52. The third kappa shape index (κ3) is 3.68. The molecule has 0 spiro atoms. The van der Waals surface area contributed by atoms with Crippen LogP contribution < -0.4 is 5.32 Å². The van der Waals surface area contributed by atoms with Crippen LogP contribution in [-0.2, 0) is 19.6 Å². The Morgan fingerprint density at radius 3 is 2.13 bits per heavy atom. The van der Waals surface area contributed by atoms with E-state index in [4.69, 9.17) is 0 Å². The van der Waals surface area contributed by atoms with E-state index in [0.29, 0.717) is 5.69 Å². The zero-order valence-electron chi connectivity index (χ0n) is 17.1. The number of rotatable bonds is 3. The number of carbonyl (C=O) groups is 2. The normalized spacial score (nSPS) is 17.0. The molecule has 1 heterocycles. The fourth-order valence-corrected chi connectivity index (χ4v) is 5.19. The van der Waals surface area contributed by atoms with Gasteiger partial charge in [-0.25, -0.2) is 12.7 Å². The topological polar surface area (TPSA) is 83.6 Å². The summed E-state index contributed by atoms with van der Waals surface area (Å²) >= 11 is 0. The quantitative estimate of drug-likeness (QED) is 0.641. The summed E-state index contributed by atoms with van der Waals surface area (Å²) in [7, 11) is -4.01. The summed E-state index contributed by atoms with van der Waals surface area (Å²) in [6.07, 6.45) is 0. The number of likely N-dealkylation sites (N-methyl/N-ethyl adjacent to an activating group) is 1. The molecule has 0 saturated carbocycles. The van der Waals surface area contributed by atoms with Gasteiger partial charge in [0.15, 0.2) is 0 Å². The molecule has 0 aromatic heterocycles. The van der Waals surface area contributed by atoms with Gasteiger partial charge < -0.3 is 5.32 Å². The van der Waals surface area contributed by atoms with Crippen molar-refractivity contribution in [3.05, 3.63) is 72.3 Å². The Kier molecular flexibility index (Phi) is 6.22. The summed E-state index contributed by atoms with van der Waals surface area (Å²) in [6, 6.07) is 19.2. The minimum atomic E-state index is -4.01.